The Kier molecular flexibility index (Phi) is 5.64. The average molecular weight is 267 g/mol. The Hall–Kier alpha value is -0.610. The Labute approximate surface area is 117 Å². The van der Waals surface area contributed by atoms with Crippen molar-refractivity contribution in [2.24, 2.45) is 11.7 Å². The van der Waals surface area contributed by atoms with Crippen molar-refractivity contribution >= 4 is 5.91 Å². The van der Waals surface area contributed by atoms with Crippen molar-refractivity contribution in [3.05, 3.63) is 0 Å². The van der Waals surface area contributed by atoms with Gasteiger partial charge in [0.05, 0.1) is 6.04 Å². The molecule has 1 saturated heterocycles. The van der Waals surface area contributed by atoms with Gasteiger partial charge in [-0.05, 0) is 45.3 Å². The standard InChI is InChI=1S/C15H29N3O/c1-18-9-7-13(8-10-18)17-15(19)14(16)11-12-5-3-2-4-6-12/h12-14H,2-11,16H2,1H3,(H,17,19). The molecular weight excluding hydrogens is 238 g/mol. The van der Waals surface area contributed by atoms with Crippen LogP contribution in [-0.2, 0) is 4.79 Å². The normalized spacial score (nSPS) is 25.2. The maximum absolute atomic E-state index is 12.1. The Morgan fingerprint density at radius 1 is 1.21 bits per heavy atom. The Morgan fingerprint density at radius 2 is 1.84 bits per heavy atom. The zero-order valence-corrected chi connectivity index (χ0v) is 12.2. The van der Waals surface area contributed by atoms with Crippen LogP contribution in [0, 0.1) is 5.92 Å². The third-order valence-corrected chi connectivity index (χ3v) is 4.71. The van der Waals surface area contributed by atoms with E-state index < -0.39 is 0 Å². The minimum Gasteiger partial charge on any atom is -0.352 e. The lowest BCUT2D eigenvalue weighted by Crippen LogP contribution is -2.49. The summed E-state index contributed by atoms with van der Waals surface area (Å²) in [6.45, 7) is 2.14. The number of nitrogens with two attached hydrogens (primary N) is 1. The Balaban J connectivity index is 1.69. The predicted molar refractivity (Wildman–Crippen MR) is 77.8 cm³/mol. The number of piperidine rings is 1. The molecule has 0 radical (unpaired) electrons. The summed E-state index contributed by atoms with van der Waals surface area (Å²) in [5.74, 6) is 0.743. The molecule has 19 heavy (non-hydrogen) atoms. The molecule has 1 heterocycles. The highest BCUT2D eigenvalue weighted by molar-refractivity contribution is 5.81. The maximum atomic E-state index is 12.1. The van der Waals surface area contributed by atoms with E-state index in [-0.39, 0.29) is 11.9 Å². The topological polar surface area (TPSA) is 58.4 Å². The molecule has 2 aliphatic rings. The summed E-state index contributed by atoms with van der Waals surface area (Å²) in [6.07, 6.45) is 9.48. The van der Waals surface area contributed by atoms with Crippen molar-refractivity contribution in [1.82, 2.24) is 10.2 Å². The number of nitrogens with one attached hydrogen (secondary N) is 1. The molecule has 0 aromatic heterocycles. The van der Waals surface area contributed by atoms with E-state index >= 15 is 0 Å². The largest absolute Gasteiger partial charge is 0.352 e. The monoisotopic (exact) mass is 267 g/mol. The van der Waals surface area contributed by atoms with E-state index in [2.05, 4.69) is 17.3 Å². The quantitative estimate of drug-likeness (QED) is 0.811. The van der Waals surface area contributed by atoms with Gasteiger partial charge in [-0.15, -0.1) is 0 Å². The first kappa shape index (κ1) is 14.8. The number of rotatable bonds is 4. The SMILES string of the molecule is CN1CCC(NC(=O)C(N)CC2CCCCC2)CC1. The first-order chi connectivity index (χ1) is 9.15. The van der Waals surface area contributed by atoms with Crippen molar-refractivity contribution in [1.29, 1.82) is 0 Å². The van der Waals surface area contributed by atoms with Crippen LogP contribution < -0.4 is 11.1 Å². The van der Waals surface area contributed by atoms with E-state index in [1.807, 2.05) is 0 Å². The minimum absolute atomic E-state index is 0.0696. The van der Waals surface area contributed by atoms with Crippen molar-refractivity contribution < 1.29 is 4.79 Å². The summed E-state index contributed by atoms with van der Waals surface area (Å²) in [6, 6.07) is 0.0314. The minimum atomic E-state index is -0.303. The van der Waals surface area contributed by atoms with Crippen LogP contribution in [0.25, 0.3) is 0 Å². The van der Waals surface area contributed by atoms with Gasteiger partial charge < -0.3 is 16.0 Å². The van der Waals surface area contributed by atoms with Gasteiger partial charge in [0.15, 0.2) is 0 Å². The van der Waals surface area contributed by atoms with Crippen LogP contribution in [0.2, 0.25) is 0 Å². The van der Waals surface area contributed by atoms with Gasteiger partial charge in [0.25, 0.3) is 0 Å². The van der Waals surface area contributed by atoms with Crippen molar-refractivity contribution in [2.45, 2.75) is 63.5 Å². The molecule has 1 aliphatic carbocycles. The fourth-order valence-electron chi connectivity index (χ4n) is 3.35. The van der Waals surface area contributed by atoms with E-state index in [9.17, 15) is 4.79 Å². The molecule has 1 amide bonds. The Morgan fingerprint density at radius 3 is 2.47 bits per heavy atom. The maximum Gasteiger partial charge on any atom is 0.237 e. The van der Waals surface area contributed by atoms with Crippen LogP contribution in [-0.4, -0.2) is 43.0 Å². The lowest BCUT2D eigenvalue weighted by Gasteiger charge is -2.31. The second-order valence-electron chi connectivity index (χ2n) is 6.43. The zero-order valence-electron chi connectivity index (χ0n) is 12.2. The molecule has 2 fully saturated rings. The molecule has 0 aromatic rings. The highest BCUT2D eigenvalue weighted by Gasteiger charge is 2.24. The summed E-state index contributed by atoms with van der Waals surface area (Å²) in [4.78, 5) is 14.4. The van der Waals surface area contributed by atoms with E-state index in [1.165, 1.54) is 32.1 Å². The van der Waals surface area contributed by atoms with Gasteiger partial charge in [0, 0.05) is 6.04 Å². The predicted octanol–water partition coefficient (Wildman–Crippen LogP) is 1.49. The van der Waals surface area contributed by atoms with Gasteiger partial charge in [-0.1, -0.05) is 32.1 Å². The fraction of sp³-hybridized carbons (Fsp3) is 0.933. The first-order valence-electron chi connectivity index (χ1n) is 7.89. The molecular formula is C15H29N3O. The van der Waals surface area contributed by atoms with E-state index in [0.717, 1.165) is 32.4 Å². The summed E-state index contributed by atoms with van der Waals surface area (Å²) in [5, 5.41) is 3.14. The molecule has 1 aliphatic heterocycles. The zero-order chi connectivity index (χ0) is 13.7. The molecule has 4 nitrogen and oxygen atoms in total. The molecule has 1 atom stereocenters. The number of amides is 1. The van der Waals surface area contributed by atoms with Crippen LogP contribution in [0.15, 0.2) is 0 Å². The highest BCUT2D eigenvalue weighted by atomic mass is 16.2. The van der Waals surface area contributed by atoms with Crippen LogP contribution in [0.4, 0.5) is 0 Å². The van der Waals surface area contributed by atoms with Gasteiger partial charge >= 0.3 is 0 Å². The average Bonchev–Trinajstić information content (AvgIpc) is 2.42. The van der Waals surface area contributed by atoms with Gasteiger partial charge in [-0.25, -0.2) is 0 Å². The molecule has 3 N–H and O–H groups in total. The number of nitrogens with zero attached hydrogens (tertiary/aromatic N) is 1. The van der Waals surface area contributed by atoms with Crippen molar-refractivity contribution in [2.75, 3.05) is 20.1 Å². The molecule has 0 aromatic carbocycles. The number of carbonyl (C=O) groups is 1. The number of hydrogen-bond acceptors (Lipinski definition) is 3. The van der Waals surface area contributed by atoms with Crippen LogP contribution in [0.1, 0.15) is 51.4 Å². The summed E-state index contributed by atoms with van der Waals surface area (Å²) in [5.41, 5.74) is 6.07. The highest BCUT2D eigenvalue weighted by Crippen LogP contribution is 2.27. The second kappa shape index (κ2) is 7.25. The number of hydrogen-bond donors (Lipinski definition) is 2. The number of carbonyl (C=O) groups excluding carboxylic acids is 1. The van der Waals surface area contributed by atoms with E-state index in [1.54, 1.807) is 0 Å². The summed E-state index contributed by atoms with van der Waals surface area (Å²) < 4.78 is 0. The molecule has 0 bridgehead atoms. The van der Waals surface area contributed by atoms with Crippen LogP contribution in [0.3, 0.4) is 0 Å². The molecule has 2 rings (SSSR count). The third-order valence-electron chi connectivity index (χ3n) is 4.71. The van der Waals surface area contributed by atoms with E-state index in [4.69, 9.17) is 5.73 Å². The summed E-state index contributed by atoms with van der Waals surface area (Å²) in [7, 11) is 2.13. The van der Waals surface area contributed by atoms with Gasteiger partial charge in [-0.2, -0.15) is 0 Å². The number of likely N-dealkylation sites (tertiary alicyclic amines) is 1. The van der Waals surface area contributed by atoms with Gasteiger partial charge in [-0.3, -0.25) is 4.79 Å². The Bertz CT molecular complexity index is 281. The second-order valence-corrected chi connectivity index (χ2v) is 6.43. The molecule has 0 spiro atoms. The molecule has 1 unspecified atom stereocenters. The molecule has 1 saturated carbocycles. The lowest BCUT2D eigenvalue weighted by molar-refractivity contribution is -0.123. The van der Waals surface area contributed by atoms with Crippen molar-refractivity contribution in [3.8, 4) is 0 Å². The lowest BCUT2D eigenvalue weighted by atomic mass is 9.85. The smallest absolute Gasteiger partial charge is 0.237 e. The molecule has 4 heteroatoms. The van der Waals surface area contributed by atoms with Crippen LogP contribution in [0.5, 0.6) is 0 Å². The van der Waals surface area contributed by atoms with Crippen molar-refractivity contribution in [3.63, 3.8) is 0 Å². The van der Waals surface area contributed by atoms with Crippen LogP contribution >= 0.6 is 0 Å². The third kappa shape index (κ3) is 4.77. The van der Waals surface area contributed by atoms with Gasteiger partial charge in [0.1, 0.15) is 0 Å². The molecule has 110 valence electrons. The first-order valence-corrected chi connectivity index (χ1v) is 7.89. The fourth-order valence-corrected chi connectivity index (χ4v) is 3.35. The summed E-state index contributed by atoms with van der Waals surface area (Å²) >= 11 is 0. The van der Waals surface area contributed by atoms with Gasteiger partial charge in [0.2, 0.25) is 5.91 Å². The van der Waals surface area contributed by atoms with E-state index in [0.29, 0.717) is 12.0 Å².